The first-order chi connectivity index (χ1) is 8.78. The minimum atomic E-state index is 0.473. The summed E-state index contributed by atoms with van der Waals surface area (Å²) in [7, 11) is 0. The van der Waals surface area contributed by atoms with Gasteiger partial charge in [-0.3, -0.25) is 4.90 Å². The Morgan fingerprint density at radius 1 is 1.33 bits per heavy atom. The summed E-state index contributed by atoms with van der Waals surface area (Å²) in [5, 5.41) is 13.3. The minimum Gasteiger partial charge on any atom is -0.380 e. The molecule has 0 aliphatic carbocycles. The third-order valence-electron chi connectivity index (χ3n) is 4.05. The lowest BCUT2D eigenvalue weighted by Gasteiger charge is -2.22. The van der Waals surface area contributed by atoms with Gasteiger partial charge in [-0.1, -0.05) is 11.6 Å². The van der Waals surface area contributed by atoms with Gasteiger partial charge in [0.1, 0.15) is 6.07 Å². The van der Waals surface area contributed by atoms with Gasteiger partial charge >= 0.3 is 0 Å². The molecule has 2 aliphatic heterocycles. The van der Waals surface area contributed by atoms with Crippen LogP contribution in [0.2, 0.25) is 5.02 Å². The van der Waals surface area contributed by atoms with Gasteiger partial charge < -0.3 is 5.32 Å². The van der Waals surface area contributed by atoms with Gasteiger partial charge in [-0.05, 0) is 44.0 Å². The quantitative estimate of drug-likeness (QED) is 0.890. The Balaban J connectivity index is 1.79. The molecule has 0 amide bonds. The van der Waals surface area contributed by atoms with Crippen LogP contribution in [0.3, 0.4) is 0 Å². The fourth-order valence-electron chi connectivity index (χ4n) is 3.19. The first-order valence-corrected chi connectivity index (χ1v) is 6.86. The van der Waals surface area contributed by atoms with Gasteiger partial charge in [0.15, 0.2) is 0 Å². The van der Waals surface area contributed by atoms with Crippen molar-refractivity contribution in [2.75, 3.05) is 18.4 Å². The molecule has 1 aromatic carbocycles. The zero-order valence-corrected chi connectivity index (χ0v) is 11.0. The van der Waals surface area contributed by atoms with Crippen LogP contribution in [0.4, 0.5) is 5.69 Å². The van der Waals surface area contributed by atoms with Gasteiger partial charge in [-0.15, -0.1) is 0 Å². The highest BCUT2D eigenvalue weighted by molar-refractivity contribution is 6.30. The van der Waals surface area contributed by atoms with E-state index in [1.54, 1.807) is 6.07 Å². The zero-order chi connectivity index (χ0) is 12.5. The van der Waals surface area contributed by atoms with Gasteiger partial charge in [-0.2, -0.15) is 5.26 Å². The van der Waals surface area contributed by atoms with Crippen molar-refractivity contribution in [1.29, 1.82) is 5.26 Å². The molecule has 0 radical (unpaired) electrons. The first-order valence-electron chi connectivity index (χ1n) is 6.48. The number of hydrogen-bond donors (Lipinski definition) is 1. The maximum absolute atomic E-state index is 9.15. The molecule has 0 saturated carbocycles. The fourth-order valence-corrected chi connectivity index (χ4v) is 3.36. The monoisotopic (exact) mass is 261 g/mol. The van der Waals surface area contributed by atoms with Crippen molar-refractivity contribution in [2.45, 2.75) is 31.3 Å². The molecule has 94 valence electrons. The molecular weight excluding hydrogens is 246 g/mol. The van der Waals surface area contributed by atoms with E-state index in [2.05, 4.69) is 16.3 Å². The Morgan fingerprint density at radius 2 is 2.22 bits per heavy atom. The molecule has 3 nitrogen and oxygen atoms in total. The summed E-state index contributed by atoms with van der Waals surface area (Å²) >= 11 is 5.91. The number of benzene rings is 1. The van der Waals surface area contributed by atoms with Crippen molar-refractivity contribution in [1.82, 2.24) is 4.90 Å². The van der Waals surface area contributed by atoms with E-state index >= 15 is 0 Å². The highest BCUT2D eigenvalue weighted by Crippen LogP contribution is 2.31. The molecule has 1 N–H and O–H groups in total. The standard InChI is InChI=1S/C14H16ClN3/c15-11-3-4-12(10(8-11)9-16)17-13-5-7-18-6-1-2-14(13)18/h3-4,8,13-14,17H,1-2,5-7H2. The molecule has 2 unspecified atom stereocenters. The maximum Gasteiger partial charge on any atom is 0.101 e. The van der Waals surface area contributed by atoms with Crippen molar-refractivity contribution in [2.24, 2.45) is 0 Å². The molecule has 0 bridgehead atoms. The Morgan fingerprint density at radius 3 is 3.06 bits per heavy atom. The number of nitriles is 1. The average Bonchev–Trinajstić information content (AvgIpc) is 2.96. The van der Waals surface area contributed by atoms with Gasteiger partial charge in [0.2, 0.25) is 0 Å². The third kappa shape index (κ3) is 2.07. The largest absolute Gasteiger partial charge is 0.380 e. The lowest BCUT2D eigenvalue weighted by molar-refractivity contribution is 0.318. The number of halogens is 1. The molecule has 2 fully saturated rings. The predicted octanol–water partition coefficient (Wildman–Crippen LogP) is 2.86. The van der Waals surface area contributed by atoms with Crippen LogP contribution in [0.1, 0.15) is 24.8 Å². The van der Waals surface area contributed by atoms with E-state index in [0.717, 1.165) is 12.1 Å². The Hall–Kier alpha value is -1.24. The van der Waals surface area contributed by atoms with Crippen LogP contribution in [0, 0.1) is 11.3 Å². The molecule has 0 aromatic heterocycles. The van der Waals surface area contributed by atoms with E-state index in [9.17, 15) is 0 Å². The summed E-state index contributed by atoms with van der Waals surface area (Å²) in [4.78, 5) is 2.56. The Kier molecular flexibility index (Phi) is 3.15. The molecule has 2 heterocycles. The van der Waals surface area contributed by atoms with E-state index < -0.39 is 0 Å². The summed E-state index contributed by atoms with van der Waals surface area (Å²) in [5.41, 5.74) is 1.56. The van der Waals surface area contributed by atoms with Crippen molar-refractivity contribution < 1.29 is 0 Å². The first kappa shape index (κ1) is 11.8. The van der Waals surface area contributed by atoms with Crippen LogP contribution in [0.25, 0.3) is 0 Å². The lowest BCUT2D eigenvalue weighted by Crippen LogP contribution is -2.33. The molecule has 0 spiro atoms. The van der Waals surface area contributed by atoms with Crippen molar-refractivity contribution >= 4 is 17.3 Å². The van der Waals surface area contributed by atoms with Crippen LogP contribution >= 0.6 is 11.6 Å². The molecule has 2 atom stereocenters. The summed E-state index contributed by atoms with van der Waals surface area (Å²) in [6, 6.07) is 8.81. The molecule has 3 rings (SSSR count). The number of nitrogens with one attached hydrogen (secondary N) is 1. The highest BCUT2D eigenvalue weighted by Gasteiger charge is 2.37. The number of anilines is 1. The molecular formula is C14H16ClN3. The fraction of sp³-hybridized carbons (Fsp3) is 0.500. The van der Waals surface area contributed by atoms with Crippen LogP contribution in [0.15, 0.2) is 18.2 Å². The number of fused-ring (bicyclic) bond motifs is 1. The van der Waals surface area contributed by atoms with Gasteiger partial charge in [-0.25, -0.2) is 0 Å². The number of nitrogens with zero attached hydrogens (tertiary/aromatic N) is 2. The van der Waals surface area contributed by atoms with E-state index in [-0.39, 0.29) is 0 Å². The topological polar surface area (TPSA) is 39.1 Å². The van der Waals surface area contributed by atoms with Gasteiger partial charge in [0.25, 0.3) is 0 Å². The Bertz CT molecular complexity index is 494. The minimum absolute atomic E-state index is 0.473. The van der Waals surface area contributed by atoms with Gasteiger partial charge in [0.05, 0.1) is 11.3 Å². The summed E-state index contributed by atoms with van der Waals surface area (Å²) in [6.45, 7) is 2.41. The lowest BCUT2D eigenvalue weighted by atomic mass is 10.1. The molecule has 4 heteroatoms. The summed E-state index contributed by atoms with van der Waals surface area (Å²) in [6.07, 6.45) is 3.74. The molecule has 2 saturated heterocycles. The smallest absolute Gasteiger partial charge is 0.101 e. The van der Waals surface area contributed by atoms with Gasteiger partial charge in [0, 0.05) is 23.7 Å². The van der Waals surface area contributed by atoms with Crippen LogP contribution in [-0.2, 0) is 0 Å². The third-order valence-corrected chi connectivity index (χ3v) is 4.28. The SMILES string of the molecule is N#Cc1cc(Cl)ccc1NC1CCN2CCCC12. The van der Waals surface area contributed by atoms with E-state index in [1.165, 1.54) is 25.9 Å². The van der Waals surface area contributed by atoms with Crippen LogP contribution in [-0.4, -0.2) is 30.1 Å². The second kappa shape index (κ2) is 4.79. The van der Waals surface area contributed by atoms with Crippen LogP contribution < -0.4 is 5.32 Å². The average molecular weight is 262 g/mol. The van der Waals surface area contributed by atoms with Crippen LogP contribution in [0.5, 0.6) is 0 Å². The number of hydrogen-bond acceptors (Lipinski definition) is 3. The summed E-state index contributed by atoms with van der Waals surface area (Å²) in [5.74, 6) is 0. The van der Waals surface area contributed by atoms with E-state index in [0.29, 0.717) is 22.7 Å². The second-order valence-corrected chi connectivity index (χ2v) is 5.52. The normalized spacial score (nSPS) is 26.9. The zero-order valence-electron chi connectivity index (χ0n) is 10.2. The maximum atomic E-state index is 9.15. The Labute approximate surface area is 112 Å². The van der Waals surface area contributed by atoms with Crippen molar-refractivity contribution in [3.63, 3.8) is 0 Å². The highest BCUT2D eigenvalue weighted by atomic mass is 35.5. The van der Waals surface area contributed by atoms with E-state index in [4.69, 9.17) is 16.9 Å². The summed E-state index contributed by atoms with van der Waals surface area (Å²) < 4.78 is 0. The molecule has 18 heavy (non-hydrogen) atoms. The van der Waals surface area contributed by atoms with Crippen molar-refractivity contribution in [3.05, 3.63) is 28.8 Å². The predicted molar refractivity (Wildman–Crippen MR) is 72.8 cm³/mol. The second-order valence-electron chi connectivity index (χ2n) is 5.09. The number of rotatable bonds is 2. The molecule has 1 aromatic rings. The van der Waals surface area contributed by atoms with E-state index in [1.807, 2.05) is 12.1 Å². The van der Waals surface area contributed by atoms with Crippen molar-refractivity contribution in [3.8, 4) is 6.07 Å². The molecule has 2 aliphatic rings.